The standard InChI is InChI=1S/C22H29N3O5/c1-15(2)17-11-20(30-24-17)22(27)25-10-6-7-16(13-25)12-23-21(26)14-29-19-9-5-4-8-18(19)28-3/h4-5,8-9,11,15-16H,6-7,10,12-14H2,1-3H3,(H,23,26). The van der Waals surface area contributed by atoms with Gasteiger partial charge in [-0.15, -0.1) is 0 Å². The molecule has 162 valence electrons. The van der Waals surface area contributed by atoms with Gasteiger partial charge >= 0.3 is 0 Å². The number of para-hydroxylation sites is 2. The second-order valence-electron chi connectivity index (χ2n) is 7.77. The first-order valence-electron chi connectivity index (χ1n) is 10.3. The Kier molecular flexibility index (Phi) is 7.32. The first kappa shape index (κ1) is 21.7. The Morgan fingerprint density at radius 3 is 2.77 bits per heavy atom. The molecule has 0 aliphatic carbocycles. The van der Waals surface area contributed by atoms with Gasteiger partial charge in [-0.3, -0.25) is 9.59 Å². The van der Waals surface area contributed by atoms with Crippen molar-refractivity contribution >= 4 is 11.8 Å². The van der Waals surface area contributed by atoms with Crippen molar-refractivity contribution < 1.29 is 23.6 Å². The summed E-state index contributed by atoms with van der Waals surface area (Å²) in [4.78, 5) is 26.7. The number of hydrogen-bond acceptors (Lipinski definition) is 6. The number of carbonyl (C=O) groups excluding carboxylic acids is 2. The van der Waals surface area contributed by atoms with Gasteiger partial charge in [0, 0.05) is 25.7 Å². The van der Waals surface area contributed by atoms with Crippen molar-refractivity contribution in [2.24, 2.45) is 5.92 Å². The summed E-state index contributed by atoms with van der Waals surface area (Å²) in [6, 6.07) is 8.91. The summed E-state index contributed by atoms with van der Waals surface area (Å²) in [6.07, 6.45) is 1.83. The molecule has 0 saturated carbocycles. The van der Waals surface area contributed by atoms with Gasteiger partial charge in [-0.25, -0.2) is 0 Å². The van der Waals surface area contributed by atoms with Gasteiger partial charge in [0.05, 0.1) is 12.8 Å². The van der Waals surface area contributed by atoms with Gasteiger partial charge < -0.3 is 24.2 Å². The number of likely N-dealkylation sites (tertiary alicyclic amines) is 1. The first-order valence-corrected chi connectivity index (χ1v) is 10.3. The lowest BCUT2D eigenvalue weighted by molar-refractivity contribution is -0.123. The second kappa shape index (κ2) is 10.1. The van der Waals surface area contributed by atoms with Crippen molar-refractivity contribution in [3.8, 4) is 11.5 Å². The van der Waals surface area contributed by atoms with Crippen molar-refractivity contribution in [3.05, 3.63) is 41.8 Å². The van der Waals surface area contributed by atoms with E-state index in [0.29, 0.717) is 31.1 Å². The minimum Gasteiger partial charge on any atom is -0.493 e. The Labute approximate surface area is 176 Å². The van der Waals surface area contributed by atoms with E-state index in [-0.39, 0.29) is 36.0 Å². The van der Waals surface area contributed by atoms with Crippen LogP contribution in [0.1, 0.15) is 48.9 Å². The highest BCUT2D eigenvalue weighted by molar-refractivity contribution is 5.91. The van der Waals surface area contributed by atoms with Crippen LogP contribution in [-0.2, 0) is 4.79 Å². The van der Waals surface area contributed by atoms with Gasteiger partial charge in [0.1, 0.15) is 0 Å². The smallest absolute Gasteiger partial charge is 0.292 e. The Morgan fingerprint density at radius 1 is 1.30 bits per heavy atom. The lowest BCUT2D eigenvalue weighted by Crippen LogP contribution is -2.44. The molecule has 1 aromatic carbocycles. The number of methoxy groups -OCH3 is 1. The number of amides is 2. The number of rotatable bonds is 8. The van der Waals surface area contributed by atoms with Crippen molar-refractivity contribution in [1.29, 1.82) is 0 Å². The van der Waals surface area contributed by atoms with Crippen molar-refractivity contribution in [2.45, 2.75) is 32.6 Å². The summed E-state index contributed by atoms with van der Waals surface area (Å²) in [7, 11) is 1.56. The molecule has 1 saturated heterocycles. The molecule has 0 bridgehead atoms. The molecular weight excluding hydrogens is 386 g/mol. The first-order chi connectivity index (χ1) is 14.5. The maximum atomic E-state index is 12.7. The minimum absolute atomic E-state index is 0.0915. The number of hydrogen-bond donors (Lipinski definition) is 1. The summed E-state index contributed by atoms with van der Waals surface area (Å²) in [5.74, 6) is 1.42. The predicted octanol–water partition coefficient (Wildman–Crippen LogP) is 2.85. The highest BCUT2D eigenvalue weighted by Crippen LogP contribution is 2.25. The molecule has 1 unspecified atom stereocenters. The number of nitrogens with zero attached hydrogens (tertiary/aromatic N) is 2. The molecule has 8 nitrogen and oxygen atoms in total. The van der Waals surface area contributed by atoms with Crippen molar-refractivity contribution in [3.63, 3.8) is 0 Å². The van der Waals surface area contributed by atoms with Gasteiger partial charge in [-0.05, 0) is 36.8 Å². The summed E-state index contributed by atoms with van der Waals surface area (Å²) >= 11 is 0. The quantitative estimate of drug-likeness (QED) is 0.713. The van der Waals surface area contributed by atoms with E-state index in [9.17, 15) is 9.59 Å². The summed E-state index contributed by atoms with van der Waals surface area (Å²) in [5, 5.41) is 6.87. The summed E-state index contributed by atoms with van der Waals surface area (Å²) in [5.41, 5.74) is 0.772. The van der Waals surface area contributed by atoms with Gasteiger partial charge in [-0.2, -0.15) is 0 Å². The Balaban J connectivity index is 1.46. The molecule has 2 amide bonds. The highest BCUT2D eigenvalue weighted by Gasteiger charge is 2.27. The van der Waals surface area contributed by atoms with Gasteiger partial charge in [0.25, 0.3) is 11.8 Å². The molecule has 30 heavy (non-hydrogen) atoms. The average molecular weight is 415 g/mol. The van der Waals surface area contributed by atoms with E-state index >= 15 is 0 Å². The minimum atomic E-state index is -0.207. The number of nitrogens with one attached hydrogen (secondary N) is 1. The molecule has 1 aromatic heterocycles. The van der Waals surface area contributed by atoms with Crippen LogP contribution in [0, 0.1) is 5.92 Å². The van der Waals surface area contributed by atoms with Crippen LogP contribution in [0.3, 0.4) is 0 Å². The molecule has 3 rings (SSSR count). The van der Waals surface area contributed by atoms with Crippen LogP contribution < -0.4 is 14.8 Å². The predicted molar refractivity (Wildman–Crippen MR) is 111 cm³/mol. The molecule has 8 heteroatoms. The fourth-order valence-corrected chi connectivity index (χ4v) is 3.42. The lowest BCUT2D eigenvalue weighted by Gasteiger charge is -2.32. The number of piperidine rings is 1. The largest absolute Gasteiger partial charge is 0.493 e. The van der Waals surface area contributed by atoms with Gasteiger partial charge in [0.2, 0.25) is 5.76 Å². The molecule has 1 aliphatic rings. The van der Waals surface area contributed by atoms with Crippen LogP contribution in [0.4, 0.5) is 0 Å². The van der Waals surface area contributed by atoms with E-state index < -0.39 is 0 Å². The molecule has 0 radical (unpaired) electrons. The zero-order chi connectivity index (χ0) is 21.5. The fraction of sp³-hybridized carbons (Fsp3) is 0.500. The van der Waals surface area contributed by atoms with Gasteiger partial charge in [0.15, 0.2) is 18.1 Å². The molecular formula is C22H29N3O5. The second-order valence-corrected chi connectivity index (χ2v) is 7.77. The van der Waals surface area contributed by atoms with E-state index in [4.69, 9.17) is 14.0 Å². The Hall–Kier alpha value is -3.03. The maximum absolute atomic E-state index is 12.7. The lowest BCUT2D eigenvalue weighted by atomic mass is 9.97. The van der Waals surface area contributed by atoms with Gasteiger partial charge in [-0.1, -0.05) is 31.1 Å². The number of benzene rings is 1. The number of aromatic nitrogens is 1. The maximum Gasteiger partial charge on any atom is 0.292 e. The number of carbonyl (C=O) groups is 2. The normalized spacial score (nSPS) is 16.4. The van der Waals surface area contributed by atoms with Crippen LogP contribution in [-0.4, -0.2) is 55.2 Å². The third-order valence-electron chi connectivity index (χ3n) is 5.15. The zero-order valence-electron chi connectivity index (χ0n) is 17.7. The van der Waals surface area contributed by atoms with Crippen LogP contribution in [0.15, 0.2) is 34.9 Å². The monoisotopic (exact) mass is 415 g/mol. The van der Waals surface area contributed by atoms with Crippen molar-refractivity contribution in [1.82, 2.24) is 15.4 Å². The van der Waals surface area contributed by atoms with Crippen molar-refractivity contribution in [2.75, 3.05) is 33.4 Å². The third-order valence-corrected chi connectivity index (χ3v) is 5.15. The van der Waals surface area contributed by atoms with E-state index in [2.05, 4.69) is 10.5 Å². The fourth-order valence-electron chi connectivity index (χ4n) is 3.42. The average Bonchev–Trinajstić information content (AvgIpc) is 3.27. The van der Waals surface area contributed by atoms with E-state index in [1.165, 1.54) is 0 Å². The summed E-state index contributed by atoms with van der Waals surface area (Å²) < 4.78 is 16.0. The van der Waals surface area contributed by atoms with Crippen LogP contribution in [0.2, 0.25) is 0 Å². The molecule has 1 fully saturated rings. The van der Waals surface area contributed by atoms with E-state index in [0.717, 1.165) is 18.5 Å². The summed E-state index contributed by atoms with van der Waals surface area (Å²) in [6.45, 7) is 5.66. The van der Waals surface area contributed by atoms with Crippen LogP contribution >= 0.6 is 0 Å². The Bertz CT molecular complexity index is 864. The molecule has 0 spiro atoms. The third kappa shape index (κ3) is 5.52. The molecule has 2 heterocycles. The SMILES string of the molecule is COc1ccccc1OCC(=O)NCC1CCCN(C(=O)c2cc(C(C)C)no2)C1. The highest BCUT2D eigenvalue weighted by atomic mass is 16.5. The molecule has 1 aliphatic heterocycles. The molecule has 2 aromatic rings. The van der Waals surface area contributed by atoms with Crippen LogP contribution in [0.25, 0.3) is 0 Å². The van der Waals surface area contributed by atoms with Crippen LogP contribution in [0.5, 0.6) is 11.5 Å². The zero-order valence-corrected chi connectivity index (χ0v) is 17.7. The van der Waals surface area contributed by atoms with E-state index in [1.54, 1.807) is 30.2 Å². The Morgan fingerprint density at radius 2 is 2.07 bits per heavy atom. The molecule has 1 N–H and O–H groups in total. The topological polar surface area (TPSA) is 93.9 Å². The number of ether oxygens (including phenoxy) is 2. The molecule has 1 atom stereocenters. The van der Waals surface area contributed by atoms with E-state index in [1.807, 2.05) is 26.0 Å².